The molecule has 4 aromatic rings. The summed E-state index contributed by atoms with van der Waals surface area (Å²) in [5, 5.41) is 10.6. The van der Waals surface area contributed by atoms with E-state index in [0.717, 1.165) is 10.2 Å². The summed E-state index contributed by atoms with van der Waals surface area (Å²) in [4.78, 5) is 32.3. The van der Waals surface area contributed by atoms with Crippen LogP contribution in [0.15, 0.2) is 70.2 Å². The molecule has 30 heavy (non-hydrogen) atoms. The second-order valence-corrected chi connectivity index (χ2v) is 6.28. The molecule has 1 amide bonds. The fraction of sp³-hybridized carbons (Fsp3) is 0.100. The number of nitrogens with zero attached hydrogens (tertiary/aromatic N) is 5. The van der Waals surface area contributed by atoms with Crippen LogP contribution in [0.4, 0.5) is 4.39 Å². The first-order chi connectivity index (χ1) is 14.6. The predicted octanol–water partition coefficient (Wildman–Crippen LogP) is 1.81. The van der Waals surface area contributed by atoms with Gasteiger partial charge in [0.15, 0.2) is 5.82 Å². The van der Waals surface area contributed by atoms with Gasteiger partial charge in [0.25, 0.3) is 5.56 Å². The zero-order valence-corrected chi connectivity index (χ0v) is 15.5. The molecule has 0 saturated heterocycles. The predicted molar refractivity (Wildman–Crippen MR) is 103 cm³/mol. The average molecular weight is 406 g/mol. The van der Waals surface area contributed by atoms with Crippen LogP contribution in [0.2, 0.25) is 0 Å². The highest BCUT2D eigenvalue weighted by atomic mass is 19.1. The molecule has 0 fully saturated rings. The van der Waals surface area contributed by atoms with Gasteiger partial charge in [-0.05, 0) is 42.0 Å². The van der Waals surface area contributed by atoms with E-state index in [-0.39, 0.29) is 36.2 Å². The smallest absolute Gasteiger partial charge is 0.316 e. The Bertz CT molecular complexity index is 1220. The molecular weight excluding hydrogens is 391 g/mol. The lowest BCUT2D eigenvalue weighted by Gasteiger charge is -2.05. The summed E-state index contributed by atoms with van der Waals surface area (Å²) in [6.07, 6.45) is 3.27. The van der Waals surface area contributed by atoms with Crippen molar-refractivity contribution in [2.45, 2.75) is 13.1 Å². The third-order valence-electron chi connectivity index (χ3n) is 4.14. The van der Waals surface area contributed by atoms with E-state index in [1.54, 1.807) is 36.7 Å². The number of aromatic nitrogens is 5. The van der Waals surface area contributed by atoms with Gasteiger partial charge in [-0.1, -0.05) is 11.2 Å². The number of hydrogen-bond donors (Lipinski definition) is 1. The number of pyridine rings is 1. The molecule has 0 aliphatic heterocycles. The summed E-state index contributed by atoms with van der Waals surface area (Å²) in [5.41, 5.74) is 1.56. The van der Waals surface area contributed by atoms with Gasteiger partial charge in [-0.25, -0.2) is 9.07 Å². The van der Waals surface area contributed by atoms with Crippen LogP contribution in [-0.2, 0) is 13.1 Å². The van der Waals surface area contributed by atoms with Crippen LogP contribution in [0.25, 0.3) is 11.3 Å². The van der Waals surface area contributed by atoms with Crippen molar-refractivity contribution in [3.63, 3.8) is 0 Å². The second kappa shape index (κ2) is 8.43. The lowest BCUT2D eigenvalue weighted by Crippen LogP contribution is -2.24. The van der Waals surface area contributed by atoms with Crippen molar-refractivity contribution in [3.05, 3.63) is 94.4 Å². The summed E-state index contributed by atoms with van der Waals surface area (Å²) >= 11 is 0. The summed E-state index contributed by atoms with van der Waals surface area (Å²) in [6, 6.07) is 12.2. The number of hydrogen-bond acceptors (Lipinski definition) is 7. The van der Waals surface area contributed by atoms with E-state index in [4.69, 9.17) is 4.52 Å². The molecule has 0 bridgehead atoms. The topological polar surface area (TPSA) is 116 Å². The number of carbonyl (C=O) groups excluding carboxylic acids is 1. The Balaban J connectivity index is 1.46. The zero-order valence-electron chi connectivity index (χ0n) is 15.5. The van der Waals surface area contributed by atoms with Crippen LogP contribution >= 0.6 is 0 Å². The minimum atomic E-state index is -0.544. The van der Waals surface area contributed by atoms with Crippen LogP contribution < -0.4 is 10.9 Å². The van der Waals surface area contributed by atoms with E-state index in [1.807, 2.05) is 6.07 Å². The largest absolute Gasteiger partial charge is 0.344 e. The van der Waals surface area contributed by atoms with E-state index < -0.39 is 5.91 Å². The van der Waals surface area contributed by atoms with Gasteiger partial charge in [0.1, 0.15) is 12.4 Å². The van der Waals surface area contributed by atoms with Crippen molar-refractivity contribution in [3.8, 4) is 11.3 Å². The molecule has 150 valence electrons. The average Bonchev–Trinajstić information content (AvgIpc) is 3.24. The third-order valence-corrected chi connectivity index (χ3v) is 4.14. The highest BCUT2D eigenvalue weighted by molar-refractivity contribution is 5.89. The van der Waals surface area contributed by atoms with E-state index in [9.17, 15) is 14.0 Å². The Morgan fingerprint density at radius 2 is 1.97 bits per heavy atom. The van der Waals surface area contributed by atoms with Gasteiger partial charge >= 0.3 is 11.8 Å². The first-order valence-corrected chi connectivity index (χ1v) is 8.92. The second-order valence-electron chi connectivity index (χ2n) is 6.28. The number of halogens is 1. The summed E-state index contributed by atoms with van der Waals surface area (Å²) < 4.78 is 19.2. The fourth-order valence-corrected chi connectivity index (χ4v) is 2.64. The molecule has 0 saturated carbocycles. The van der Waals surface area contributed by atoms with E-state index in [1.165, 1.54) is 18.2 Å². The molecule has 3 heterocycles. The lowest BCUT2D eigenvalue weighted by molar-refractivity contribution is 0.0907. The Morgan fingerprint density at radius 1 is 1.13 bits per heavy atom. The summed E-state index contributed by atoms with van der Waals surface area (Å²) in [5.74, 6) is -1.02. The molecule has 3 aromatic heterocycles. The third kappa shape index (κ3) is 4.43. The SMILES string of the molecule is O=C(NCc1cccnc1)c1nc(Cn2nc(-c3ccc(F)cc3)ccc2=O)no1. The molecule has 1 N–H and O–H groups in total. The normalized spacial score (nSPS) is 10.7. The quantitative estimate of drug-likeness (QED) is 0.519. The van der Waals surface area contributed by atoms with Crippen LogP contribution in [-0.4, -0.2) is 30.8 Å². The summed E-state index contributed by atoms with van der Waals surface area (Å²) in [6.45, 7) is 0.165. The summed E-state index contributed by atoms with van der Waals surface area (Å²) in [7, 11) is 0. The maximum Gasteiger partial charge on any atom is 0.316 e. The molecule has 0 atom stereocenters. The number of nitrogens with one attached hydrogen (secondary N) is 1. The highest BCUT2D eigenvalue weighted by Gasteiger charge is 2.16. The van der Waals surface area contributed by atoms with E-state index >= 15 is 0 Å². The van der Waals surface area contributed by atoms with Gasteiger partial charge in [0, 0.05) is 30.6 Å². The maximum atomic E-state index is 13.1. The molecule has 1 aromatic carbocycles. The molecule has 0 aliphatic rings. The van der Waals surface area contributed by atoms with Crippen molar-refractivity contribution in [2.24, 2.45) is 0 Å². The van der Waals surface area contributed by atoms with Gasteiger partial charge in [0.05, 0.1) is 5.69 Å². The van der Waals surface area contributed by atoms with Gasteiger partial charge in [-0.2, -0.15) is 10.1 Å². The first-order valence-electron chi connectivity index (χ1n) is 8.92. The van der Waals surface area contributed by atoms with Crippen LogP contribution in [0.3, 0.4) is 0 Å². The molecule has 4 rings (SSSR count). The van der Waals surface area contributed by atoms with Gasteiger partial charge in [0.2, 0.25) is 0 Å². The molecule has 0 unspecified atom stereocenters. The Labute approximate surface area is 169 Å². The lowest BCUT2D eigenvalue weighted by atomic mass is 10.1. The number of benzene rings is 1. The highest BCUT2D eigenvalue weighted by Crippen LogP contribution is 2.15. The van der Waals surface area contributed by atoms with Crippen LogP contribution in [0, 0.1) is 5.82 Å². The molecule has 0 aliphatic carbocycles. The molecule has 0 spiro atoms. The van der Waals surface area contributed by atoms with Crippen LogP contribution in [0.1, 0.15) is 22.1 Å². The molecule has 10 heteroatoms. The van der Waals surface area contributed by atoms with Gasteiger partial charge < -0.3 is 9.84 Å². The zero-order chi connectivity index (χ0) is 20.9. The Kier molecular flexibility index (Phi) is 5.37. The Hall–Kier alpha value is -4.21. The molecule has 9 nitrogen and oxygen atoms in total. The van der Waals surface area contributed by atoms with Gasteiger partial charge in [-0.3, -0.25) is 14.6 Å². The molecular formula is C20H15FN6O3. The van der Waals surface area contributed by atoms with Crippen molar-refractivity contribution in [2.75, 3.05) is 0 Å². The minimum absolute atomic E-state index is 0.0900. The number of carbonyl (C=O) groups is 1. The first kappa shape index (κ1) is 19.1. The van der Waals surface area contributed by atoms with Crippen molar-refractivity contribution >= 4 is 5.91 Å². The fourth-order valence-electron chi connectivity index (χ4n) is 2.64. The monoisotopic (exact) mass is 406 g/mol. The van der Waals surface area contributed by atoms with Gasteiger partial charge in [-0.15, -0.1) is 0 Å². The Morgan fingerprint density at radius 3 is 2.73 bits per heavy atom. The van der Waals surface area contributed by atoms with E-state index in [2.05, 4.69) is 25.5 Å². The number of amides is 1. The van der Waals surface area contributed by atoms with Crippen LogP contribution in [0.5, 0.6) is 0 Å². The van der Waals surface area contributed by atoms with E-state index in [0.29, 0.717) is 11.3 Å². The minimum Gasteiger partial charge on any atom is -0.344 e. The number of rotatable bonds is 6. The van der Waals surface area contributed by atoms with Crippen molar-refractivity contribution < 1.29 is 13.7 Å². The van der Waals surface area contributed by atoms with Crippen molar-refractivity contribution in [1.29, 1.82) is 0 Å². The molecule has 0 radical (unpaired) electrons. The van der Waals surface area contributed by atoms with Crippen molar-refractivity contribution in [1.82, 2.24) is 30.2 Å². The maximum absolute atomic E-state index is 13.1. The standard InChI is InChI=1S/C20H15FN6O3/c21-15-5-3-14(4-6-15)16-7-8-18(28)27(25-16)12-17-24-20(30-26-17)19(29)23-11-13-2-1-9-22-10-13/h1-10H,11-12H2,(H,23,29).